The van der Waals surface area contributed by atoms with Crippen LogP contribution in [0.5, 0.6) is 5.75 Å². The van der Waals surface area contributed by atoms with E-state index in [0.29, 0.717) is 48.9 Å². The van der Waals surface area contributed by atoms with Crippen LogP contribution in [-0.2, 0) is 20.0 Å². The molecule has 2 aromatic heterocycles. The number of nitrogens with zero attached hydrogens (tertiary/aromatic N) is 6. The SMILES string of the molecule is COc1ccccc1-c1cc(C(=O)N2CCN(C(=O)c3cnn4c3CCCC4)CC2)n(C)n1. The van der Waals surface area contributed by atoms with Gasteiger partial charge in [-0.1, -0.05) is 12.1 Å². The summed E-state index contributed by atoms with van der Waals surface area (Å²) in [5, 5.41) is 8.93. The second-order valence-electron chi connectivity index (χ2n) is 8.51. The molecule has 172 valence electrons. The Labute approximate surface area is 192 Å². The van der Waals surface area contributed by atoms with Crippen LogP contribution < -0.4 is 4.74 Å². The number of carbonyl (C=O) groups excluding carboxylic acids is 2. The number of amides is 2. The Morgan fingerprint density at radius 1 is 0.970 bits per heavy atom. The molecular weight excluding hydrogens is 420 g/mol. The molecule has 2 aliphatic heterocycles. The van der Waals surface area contributed by atoms with Crippen molar-refractivity contribution < 1.29 is 14.3 Å². The Bertz CT molecular complexity index is 1190. The standard InChI is InChI=1S/C24H28N6O3/c1-27-21(15-19(26-27)17-7-3-4-9-22(17)33-2)24(32)29-13-11-28(12-14-29)23(31)18-16-25-30-10-6-5-8-20(18)30/h3-4,7,9,15-16H,5-6,8,10-14H2,1-2H3. The number of aryl methyl sites for hydroxylation is 2. The maximum absolute atomic E-state index is 13.2. The van der Waals surface area contributed by atoms with E-state index in [0.717, 1.165) is 37.1 Å². The van der Waals surface area contributed by atoms with E-state index in [2.05, 4.69) is 10.2 Å². The van der Waals surface area contributed by atoms with Crippen LogP contribution in [-0.4, -0.2) is 74.5 Å². The van der Waals surface area contributed by atoms with E-state index in [9.17, 15) is 9.59 Å². The van der Waals surface area contributed by atoms with Crippen LogP contribution in [0.1, 0.15) is 39.4 Å². The number of aromatic nitrogens is 4. The zero-order valence-corrected chi connectivity index (χ0v) is 19.0. The second kappa shape index (κ2) is 8.73. The number of hydrogen-bond donors (Lipinski definition) is 0. The van der Waals surface area contributed by atoms with Gasteiger partial charge in [-0.3, -0.25) is 19.0 Å². The molecule has 0 atom stereocenters. The molecule has 5 rings (SSSR count). The fourth-order valence-electron chi connectivity index (χ4n) is 4.70. The molecule has 0 unspecified atom stereocenters. The fourth-order valence-corrected chi connectivity index (χ4v) is 4.70. The first kappa shape index (κ1) is 21.2. The maximum Gasteiger partial charge on any atom is 0.272 e. The third kappa shape index (κ3) is 3.88. The molecule has 0 spiro atoms. The number of fused-ring (bicyclic) bond motifs is 1. The third-order valence-corrected chi connectivity index (χ3v) is 6.55. The van der Waals surface area contributed by atoms with Crippen LogP contribution in [0, 0.1) is 0 Å². The highest BCUT2D eigenvalue weighted by Gasteiger charge is 2.30. The molecule has 1 aromatic carbocycles. The summed E-state index contributed by atoms with van der Waals surface area (Å²) in [7, 11) is 3.39. The van der Waals surface area contributed by atoms with E-state index in [1.807, 2.05) is 33.8 Å². The minimum Gasteiger partial charge on any atom is -0.496 e. The van der Waals surface area contributed by atoms with Gasteiger partial charge in [0.1, 0.15) is 11.4 Å². The maximum atomic E-state index is 13.2. The lowest BCUT2D eigenvalue weighted by Gasteiger charge is -2.34. The van der Waals surface area contributed by atoms with Gasteiger partial charge in [0.15, 0.2) is 0 Å². The number of piperazine rings is 1. The number of methoxy groups -OCH3 is 1. The van der Waals surface area contributed by atoms with Gasteiger partial charge in [-0.15, -0.1) is 0 Å². The summed E-state index contributed by atoms with van der Waals surface area (Å²) in [6.45, 7) is 2.87. The zero-order chi connectivity index (χ0) is 22.9. The Kier molecular flexibility index (Phi) is 5.62. The summed E-state index contributed by atoms with van der Waals surface area (Å²) in [6, 6.07) is 9.42. The average molecular weight is 449 g/mol. The molecule has 9 nitrogen and oxygen atoms in total. The lowest BCUT2D eigenvalue weighted by molar-refractivity contribution is 0.0528. The topological polar surface area (TPSA) is 85.5 Å². The lowest BCUT2D eigenvalue weighted by atomic mass is 10.1. The Balaban J connectivity index is 1.27. The highest BCUT2D eigenvalue weighted by Crippen LogP contribution is 2.29. The van der Waals surface area contributed by atoms with Gasteiger partial charge in [-0.25, -0.2) is 0 Å². The van der Waals surface area contributed by atoms with E-state index in [1.54, 1.807) is 36.0 Å². The number of para-hydroxylation sites is 1. The molecule has 4 heterocycles. The summed E-state index contributed by atoms with van der Waals surface area (Å²) in [4.78, 5) is 30.0. The molecule has 2 aliphatic rings. The van der Waals surface area contributed by atoms with Gasteiger partial charge >= 0.3 is 0 Å². The smallest absolute Gasteiger partial charge is 0.272 e. The lowest BCUT2D eigenvalue weighted by Crippen LogP contribution is -2.51. The quantitative estimate of drug-likeness (QED) is 0.611. The largest absolute Gasteiger partial charge is 0.496 e. The molecule has 0 aliphatic carbocycles. The van der Waals surface area contributed by atoms with Gasteiger partial charge < -0.3 is 14.5 Å². The van der Waals surface area contributed by atoms with Crippen molar-refractivity contribution in [2.75, 3.05) is 33.3 Å². The van der Waals surface area contributed by atoms with E-state index in [4.69, 9.17) is 4.74 Å². The van der Waals surface area contributed by atoms with Crippen molar-refractivity contribution >= 4 is 11.8 Å². The second-order valence-corrected chi connectivity index (χ2v) is 8.51. The van der Waals surface area contributed by atoms with Crippen LogP contribution >= 0.6 is 0 Å². The van der Waals surface area contributed by atoms with Gasteiger partial charge in [0.2, 0.25) is 0 Å². The van der Waals surface area contributed by atoms with Crippen molar-refractivity contribution in [3.63, 3.8) is 0 Å². The van der Waals surface area contributed by atoms with Gasteiger partial charge in [0.05, 0.1) is 30.3 Å². The molecule has 0 N–H and O–H groups in total. The monoisotopic (exact) mass is 448 g/mol. The van der Waals surface area contributed by atoms with Gasteiger partial charge in [0.25, 0.3) is 11.8 Å². The van der Waals surface area contributed by atoms with Crippen LogP contribution in [0.2, 0.25) is 0 Å². The van der Waals surface area contributed by atoms with Gasteiger partial charge in [0, 0.05) is 45.3 Å². The van der Waals surface area contributed by atoms with Crippen LogP contribution in [0.15, 0.2) is 36.5 Å². The molecule has 1 saturated heterocycles. The highest BCUT2D eigenvalue weighted by atomic mass is 16.5. The van der Waals surface area contributed by atoms with Gasteiger partial charge in [-0.05, 0) is 37.5 Å². The zero-order valence-electron chi connectivity index (χ0n) is 19.0. The van der Waals surface area contributed by atoms with E-state index >= 15 is 0 Å². The first-order valence-corrected chi connectivity index (χ1v) is 11.4. The third-order valence-electron chi connectivity index (χ3n) is 6.55. The number of benzene rings is 1. The summed E-state index contributed by atoms with van der Waals surface area (Å²) in [6.07, 6.45) is 4.80. The minimum atomic E-state index is -0.0823. The molecule has 0 radical (unpaired) electrons. The number of rotatable bonds is 4. The number of carbonyl (C=O) groups is 2. The molecule has 0 saturated carbocycles. The van der Waals surface area contributed by atoms with Crippen molar-refractivity contribution in [3.05, 3.63) is 53.5 Å². The Morgan fingerprint density at radius 2 is 1.70 bits per heavy atom. The van der Waals surface area contributed by atoms with Crippen molar-refractivity contribution in [3.8, 4) is 17.0 Å². The number of hydrogen-bond acceptors (Lipinski definition) is 5. The van der Waals surface area contributed by atoms with Crippen molar-refractivity contribution in [1.29, 1.82) is 0 Å². The van der Waals surface area contributed by atoms with E-state index in [-0.39, 0.29) is 11.8 Å². The van der Waals surface area contributed by atoms with Crippen molar-refractivity contribution in [1.82, 2.24) is 29.4 Å². The fraction of sp³-hybridized carbons (Fsp3) is 0.417. The Morgan fingerprint density at radius 3 is 2.45 bits per heavy atom. The summed E-state index contributed by atoms with van der Waals surface area (Å²) < 4.78 is 9.01. The molecule has 9 heteroatoms. The van der Waals surface area contributed by atoms with Crippen LogP contribution in [0.25, 0.3) is 11.3 Å². The number of ether oxygens (including phenoxy) is 1. The van der Waals surface area contributed by atoms with E-state index < -0.39 is 0 Å². The Hall–Kier alpha value is -3.62. The van der Waals surface area contributed by atoms with E-state index in [1.165, 1.54) is 0 Å². The molecule has 0 bridgehead atoms. The summed E-state index contributed by atoms with van der Waals surface area (Å²) >= 11 is 0. The minimum absolute atomic E-state index is 0.0178. The molecule has 3 aromatic rings. The molecule has 2 amide bonds. The first-order chi connectivity index (χ1) is 16.1. The highest BCUT2D eigenvalue weighted by molar-refractivity contribution is 5.96. The average Bonchev–Trinajstić information content (AvgIpc) is 3.47. The normalized spacial score (nSPS) is 15.9. The molecular formula is C24H28N6O3. The van der Waals surface area contributed by atoms with Crippen molar-refractivity contribution in [2.24, 2.45) is 7.05 Å². The van der Waals surface area contributed by atoms with Crippen LogP contribution in [0.4, 0.5) is 0 Å². The molecule has 1 fully saturated rings. The summed E-state index contributed by atoms with van der Waals surface area (Å²) in [5.74, 6) is 0.648. The van der Waals surface area contributed by atoms with Gasteiger partial charge in [-0.2, -0.15) is 10.2 Å². The predicted octanol–water partition coefficient (Wildman–Crippen LogP) is 2.23. The van der Waals surface area contributed by atoms with Crippen LogP contribution in [0.3, 0.4) is 0 Å². The predicted molar refractivity (Wildman–Crippen MR) is 122 cm³/mol. The first-order valence-electron chi connectivity index (χ1n) is 11.4. The van der Waals surface area contributed by atoms with Crippen molar-refractivity contribution in [2.45, 2.75) is 25.8 Å². The molecule has 33 heavy (non-hydrogen) atoms. The summed E-state index contributed by atoms with van der Waals surface area (Å²) in [5.41, 5.74) is 3.81.